The molecule has 0 aliphatic carbocycles. The van der Waals surface area contributed by atoms with Crippen LogP contribution in [0.5, 0.6) is 0 Å². The molecule has 0 aromatic carbocycles. The lowest BCUT2D eigenvalue weighted by Crippen LogP contribution is -2.25. The molecule has 0 saturated carbocycles. The van der Waals surface area contributed by atoms with Crippen molar-refractivity contribution in [3.05, 3.63) is 0 Å². The molecule has 3 nitrogen and oxygen atoms in total. The second kappa shape index (κ2) is 1.52. The summed E-state index contributed by atoms with van der Waals surface area (Å²) in [6, 6.07) is 0. The summed E-state index contributed by atoms with van der Waals surface area (Å²) in [5.74, 6) is 0. The van der Waals surface area contributed by atoms with Gasteiger partial charge in [0.2, 0.25) is 0 Å². The van der Waals surface area contributed by atoms with Crippen LogP contribution in [0.4, 0.5) is 18.0 Å². The van der Waals surface area contributed by atoms with Crippen molar-refractivity contribution in [2.75, 3.05) is 0 Å². The van der Waals surface area contributed by atoms with E-state index < -0.39 is 18.6 Å². The van der Waals surface area contributed by atoms with Crippen LogP contribution in [0, 0.1) is 0 Å². The normalized spacial score (nSPS) is 31.4. The average Bonchev–Trinajstić information content (AvgIpc) is 1.79. The SMILES string of the molecule is O=C1O[C@@H](F)C(F)(F)O1. The minimum Gasteiger partial charge on any atom is -0.388 e. The molecule has 6 heteroatoms. The first-order valence-corrected chi connectivity index (χ1v) is 1.94. The first kappa shape index (κ1) is 6.18. The molecule has 0 amide bonds. The highest BCUT2D eigenvalue weighted by molar-refractivity contribution is 5.62. The minimum absolute atomic E-state index is 1.69. The van der Waals surface area contributed by atoms with Crippen LogP contribution in [-0.4, -0.2) is 18.6 Å². The molecule has 0 aromatic heterocycles. The maximum atomic E-state index is 11.6. The van der Waals surface area contributed by atoms with E-state index in [0.29, 0.717) is 0 Å². The van der Waals surface area contributed by atoms with Crippen molar-refractivity contribution in [2.24, 2.45) is 0 Å². The van der Waals surface area contributed by atoms with E-state index >= 15 is 0 Å². The molecule has 1 heterocycles. The topological polar surface area (TPSA) is 35.5 Å². The van der Waals surface area contributed by atoms with Gasteiger partial charge in [-0.1, -0.05) is 0 Å². The van der Waals surface area contributed by atoms with E-state index in [2.05, 4.69) is 9.47 Å². The zero-order valence-corrected chi connectivity index (χ0v) is 3.94. The van der Waals surface area contributed by atoms with E-state index in [1.54, 1.807) is 0 Å². The lowest BCUT2D eigenvalue weighted by Gasteiger charge is -2.03. The lowest BCUT2D eigenvalue weighted by atomic mass is 10.6. The van der Waals surface area contributed by atoms with Gasteiger partial charge in [0.15, 0.2) is 0 Å². The molecule has 1 saturated heterocycles. The predicted octanol–water partition coefficient (Wildman–Crippen LogP) is 1.04. The Balaban J connectivity index is 2.69. The van der Waals surface area contributed by atoms with Crippen molar-refractivity contribution in [1.82, 2.24) is 0 Å². The molecule has 1 atom stereocenters. The summed E-state index contributed by atoms with van der Waals surface area (Å²) in [4.78, 5) is 9.70. The summed E-state index contributed by atoms with van der Waals surface area (Å²) in [7, 11) is 0. The van der Waals surface area contributed by atoms with Gasteiger partial charge in [-0.05, 0) is 0 Å². The zero-order valence-electron chi connectivity index (χ0n) is 3.94. The fourth-order valence-electron chi connectivity index (χ4n) is 0.335. The fraction of sp³-hybridized carbons (Fsp3) is 0.667. The highest BCUT2D eigenvalue weighted by Gasteiger charge is 2.54. The molecule has 9 heavy (non-hydrogen) atoms. The zero-order chi connectivity index (χ0) is 7.07. The molecule has 1 aliphatic rings. The summed E-state index contributed by atoms with van der Waals surface area (Å²) in [5, 5.41) is 0. The summed E-state index contributed by atoms with van der Waals surface area (Å²) in [6.45, 7) is 0. The Hall–Kier alpha value is -0.940. The largest absolute Gasteiger partial charge is 0.516 e. The molecule has 0 N–H and O–H groups in total. The van der Waals surface area contributed by atoms with Gasteiger partial charge < -0.3 is 9.47 Å². The molecule has 52 valence electrons. The molecule has 1 fully saturated rings. The fourth-order valence-corrected chi connectivity index (χ4v) is 0.335. The number of hydrogen-bond acceptors (Lipinski definition) is 3. The number of alkyl halides is 3. The average molecular weight is 142 g/mol. The Morgan fingerprint density at radius 3 is 2.22 bits per heavy atom. The Labute approximate surface area is 47.3 Å². The van der Waals surface area contributed by atoms with Gasteiger partial charge in [-0.2, -0.15) is 13.2 Å². The molecule has 0 unspecified atom stereocenters. The van der Waals surface area contributed by atoms with Gasteiger partial charge in [-0.3, -0.25) is 0 Å². The minimum atomic E-state index is -4.11. The van der Waals surface area contributed by atoms with Crippen molar-refractivity contribution in [3.63, 3.8) is 0 Å². The van der Waals surface area contributed by atoms with E-state index in [-0.39, 0.29) is 0 Å². The molecule has 0 aromatic rings. The third kappa shape index (κ3) is 0.914. The Morgan fingerprint density at radius 1 is 1.56 bits per heavy atom. The Kier molecular flexibility index (Phi) is 1.04. The monoisotopic (exact) mass is 142 g/mol. The molecule has 0 radical (unpaired) electrons. The number of rotatable bonds is 0. The van der Waals surface area contributed by atoms with Crippen LogP contribution >= 0.6 is 0 Å². The first-order chi connectivity index (χ1) is 4.02. The highest BCUT2D eigenvalue weighted by atomic mass is 19.3. The van der Waals surface area contributed by atoms with Crippen molar-refractivity contribution < 1.29 is 27.4 Å². The van der Waals surface area contributed by atoms with Gasteiger partial charge in [-0.25, -0.2) is 4.79 Å². The smallest absolute Gasteiger partial charge is 0.388 e. The Bertz CT molecular complexity index is 145. The van der Waals surface area contributed by atoms with Gasteiger partial charge in [-0.15, -0.1) is 0 Å². The summed E-state index contributed by atoms with van der Waals surface area (Å²) < 4.78 is 41.3. The van der Waals surface area contributed by atoms with Crippen LogP contribution in [0.3, 0.4) is 0 Å². The second-order valence-electron chi connectivity index (χ2n) is 1.35. The Morgan fingerprint density at radius 2 is 2.11 bits per heavy atom. The third-order valence-electron chi connectivity index (χ3n) is 0.683. The van der Waals surface area contributed by atoms with Crippen molar-refractivity contribution >= 4 is 6.16 Å². The van der Waals surface area contributed by atoms with Gasteiger partial charge in [0.1, 0.15) is 0 Å². The predicted molar refractivity (Wildman–Crippen MR) is 17.4 cm³/mol. The van der Waals surface area contributed by atoms with Crippen LogP contribution in [0.2, 0.25) is 0 Å². The molecule has 1 aliphatic heterocycles. The van der Waals surface area contributed by atoms with E-state index in [1.807, 2.05) is 0 Å². The van der Waals surface area contributed by atoms with Crippen molar-refractivity contribution in [3.8, 4) is 0 Å². The second-order valence-corrected chi connectivity index (χ2v) is 1.35. The number of carbonyl (C=O) groups is 1. The van der Waals surface area contributed by atoms with Crippen molar-refractivity contribution in [2.45, 2.75) is 12.5 Å². The van der Waals surface area contributed by atoms with Gasteiger partial charge in [0.25, 0.3) is 0 Å². The highest BCUT2D eigenvalue weighted by Crippen LogP contribution is 2.30. The number of carbonyl (C=O) groups excluding carboxylic acids is 1. The molecule has 1 rings (SSSR count). The number of cyclic esters (lactones) is 2. The quantitative estimate of drug-likeness (QED) is 0.474. The van der Waals surface area contributed by atoms with Crippen LogP contribution in [0.15, 0.2) is 0 Å². The van der Waals surface area contributed by atoms with Gasteiger partial charge >= 0.3 is 18.6 Å². The molecule has 0 spiro atoms. The maximum absolute atomic E-state index is 11.6. The number of halogens is 3. The standard InChI is InChI=1S/C3HF3O3/c4-1-3(5,6)9-2(7)8-1/h1H/t1-/m1/s1. The molecular weight excluding hydrogens is 141 g/mol. The first-order valence-electron chi connectivity index (χ1n) is 1.94. The summed E-state index contributed by atoms with van der Waals surface area (Å²) in [5.41, 5.74) is 0. The van der Waals surface area contributed by atoms with Gasteiger partial charge in [0.05, 0.1) is 0 Å². The van der Waals surface area contributed by atoms with Crippen LogP contribution in [0.1, 0.15) is 0 Å². The number of hydrogen-bond donors (Lipinski definition) is 0. The van der Waals surface area contributed by atoms with Crippen LogP contribution in [0.25, 0.3) is 0 Å². The third-order valence-corrected chi connectivity index (χ3v) is 0.683. The van der Waals surface area contributed by atoms with E-state index in [9.17, 15) is 18.0 Å². The lowest BCUT2D eigenvalue weighted by molar-refractivity contribution is -0.230. The molecule has 0 bridgehead atoms. The van der Waals surface area contributed by atoms with Crippen LogP contribution in [-0.2, 0) is 9.47 Å². The van der Waals surface area contributed by atoms with E-state index in [4.69, 9.17) is 0 Å². The van der Waals surface area contributed by atoms with Crippen LogP contribution < -0.4 is 0 Å². The van der Waals surface area contributed by atoms with Gasteiger partial charge in [0, 0.05) is 0 Å². The van der Waals surface area contributed by atoms with E-state index in [1.165, 1.54) is 0 Å². The summed E-state index contributed by atoms with van der Waals surface area (Å²) in [6.07, 6.45) is -8.77. The maximum Gasteiger partial charge on any atom is 0.516 e. The van der Waals surface area contributed by atoms with Crippen molar-refractivity contribution in [1.29, 1.82) is 0 Å². The number of ether oxygens (including phenoxy) is 2. The summed E-state index contributed by atoms with van der Waals surface area (Å²) >= 11 is 0. The van der Waals surface area contributed by atoms with E-state index in [0.717, 1.165) is 0 Å². The molecular formula is C3HF3O3.